The van der Waals surface area contributed by atoms with E-state index in [-0.39, 0.29) is 12.8 Å². The number of phosphoric ester groups is 1. The highest BCUT2D eigenvalue weighted by molar-refractivity contribution is 7.47. The molecule has 13 nitrogen and oxygen atoms in total. The van der Waals surface area contributed by atoms with E-state index in [1.165, 1.54) is 109 Å². The van der Waals surface area contributed by atoms with Gasteiger partial charge in [-0.2, -0.15) is 0 Å². The van der Waals surface area contributed by atoms with Crippen molar-refractivity contribution in [2.75, 3.05) is 13.2 Å². The number of ether oxygens (including phenoxy) is 2. The molecule has 0 amide bonds. The van der Waals surface area contributed by atoms with Crippen LogP contribution in [0.25, 0.3) is 0 Å². The second-order valence-electron chi connectivity index (χ2n) is 16.6. The van der Waals surface area contributed by atoms with Gasteiger partial charge in [0.2, 0.25) is 0 Å². The van der Waals surface area contributed by atoms with Gasteiger partial charge < -0.3 is 39.9 Å². The molecule has 1 aliphatic carbocycles. The van der Waals surface area contributed by atoms with Gasteiger partial charge in [-0.15, -0.1) is 0 Å². The van der Waals surface area contributed by atoms with Crippen LogP contribution in [0.1, 0.15) is 206 Å². The molecule has 14 heteroatoms. The topological polar surface area (TPSA) is 210 Å². The standard InChI is InChI=1S/C45H85O13P/c1-3-5-7-9-11-13-15-17-18-19-20-21-22-24-25-27-29-31-33-38(46)55-35-37(57-39(47)34-32-30-28-26-23-16-14-12-10-8-6-4-2)36-56-59(53,54)58-45-43(51)41(49)40(48)42(50)44(45)52/h12,14,37,40-45,48-52H,3-11,13,15-36H2,1-2H3,(H,53,54)/b14-12-/t37-,40?,41-,42?,43?,44?,45?/m1/s1. The van der Waals surface area contributed by atoms with Crippen molar-refractivity contribution in [3.05, 3.63) is 12.2 Å². The van der Waals surface area contributed by atoms with Gasteiger partial charge in [-0.3, -0.25) is 18.6 Å². The van der Waals surface area contributed by atoms with Crippen LogP contribution in [0.15, 0.2) is 12.2 Å². The number of carbonyl (C=O) groups excluding carboxylic acids is 2. The maximum atomic E-state index is 12.8. The van der Waals surface area contributed by atoms with Crippen LogP contribution >= 0.6 is 7.82 Å². The summed E-state index contributed by atoms with van der Waals surface area (Å²) >= 11 is 0. The summed E-state index contributed by atoms with van der Waals surface area (Å²) in [6.45, 7) is 3.28. The van der Waals surface area contributed by atoms with E-state index < -0.39 is 75.7 Å². The fraction of sp³-hybridized carbons (Fsp3) is 0.911. The van der Waals surface area contributed by atoms with Crippen molar-refractivity contribution in [1.29, 1.82) is 0 Å². The van der Waals surface area contributed by atoms with Gasteiger partial charge in [-0.05, 0) is 38.5 Å². The van der Waals surface area contributed by atoms with E-state index in [1.807, 2.05) is 0 Å². The molecule has 1 saturated carbocycles. The van der Waals surface area contributed by atoms with Crippen LogP contribution in [0, 0.1) is 0 Å². The average Bonchev–Trinajstić information content (AvgIpc) is 3.21. The van der Waals surface area contributed by atoms with Crippen LogP contribution in [0.5, 0.6) is 0 Å². The predicted molar refractivity (Wildman–Crippen MR) is 231 cm³/mol. The first-order valence-corrected chi connectivity index (χ1v) is 25.0. The first-order valence-electron chi connectivity index (χ1n) is 23.5. The number of phosphoric acid groups is 1. The van der Waals surface area contributed by atoms with Crippen molar-refractivity contribution in [3.8, 4) is 0 Å². The molecule has 0 saturated heterocycles. The molecule has 1 aliphatic rings. The quantitative estimate of drug-likeness (QED) is 0.0148. The number of hydrogen-bond donors (Lipinski definition) is 6. The monoisotopic (exact) mass is 865 g/mol. The zero-order valence-corrected chi connectivity index (χ0v) is 37.7. The zero-order valence-electron chi connectivity index (χ0n) is 36.8. The fourth-order valence-corrected chi connectivity index (χ4v) is 8.26. The minimum absolute atomic E-state index is 0.0902. The number of hydrogen-bond acceptors (Lipinski definition) is 12. The molecular formula is C45H85O13P. The summed E-state index contributed by atoms with van der Waals surface area (Å²) in [4.78, 5) is 35.7. The minimum Gasteiger partial charge on any atom is -0.462 e. The van der Waals surface area contributed by atoms with Crippen molar-refractivity contribution < 1.29 is 63.1 Å². The summed E-state index contributed by atoms with van der Waals surface area (Å²) in [5.41, 5.74) is 0. The summed E-state index contributed by atoms with van der Waals surface area (Å²) in [5.74, 6) is -1.10. The molecule has 0 bridgehead atoms. The molecule has 1 rings (SSSR count). The van der Waals surface area contributed by atoms with Crippen LogP contribution < -0.4 is 0 Å². The Bertz CT molecular complexity index is 1090. The molecule has 0 aromatic carbocycles. The molecule has 8 atom stereocenters. The highest BCUT2D eigenvalue weighted by Crippen LogP contribution is 2.47. The van der Waals surface area contributed by atoms with E-state index >= 15 is 0 Å². The Morgan fingerprint density at radius 3 is 1.32 bits per heavy atom. The molecule has 0 aromatic heterocycles. The van der Waals surface area contributed by atoms with Crippen LogP contribution in [0.3, 0.4) is 0 Å². The minimum atomic E-state index is -5.11. The Balaban J connectivity index is 2.42. The molecule has 6 unspecified atom stereocenters. The van der Waals surface area contributed by atoms with E-state index in [2.05, 4.69) is 26.0 Å². The number of esters is 2. The van der Waals surface area contributed by atoms with Crippen molar-refractivity contribution in [1.82, 2.24) is 0 Å². The lowest BCUT2D eigenvalue weighted by Gasteiger charge is -2.41. The lowest BCUT2D eigenvalue weighted by Crippen LogP contribution is -2.64. The lowest BCUT2D eigenvalue weighted by molar-refractivity contribution is -0.220. The second kappa shape index (κ2) is 36.1. The number of unbranched alkanes of at least 4 members (excludes halogenated alkanes) is 25. The van der Waals surface area contributed by atoms with E-state index in [9.17, 15) is 44.6 Å². The SMILES string of the molecule is CCCCC/C=C\CCCCCCCC(=O)O[C@H](COC(=O)CCCCCCCCCCCCCCCCCCCC)COP(=O)(O)OC1C(O)C(O)C(O)[C@@H](O)C1O. The number of rotatable bonds is 39. The maximum Gasteiger partial charge on any atom is 0.472 e. The second-order valence-corrected chi connectivity index (χ2v) is 18.0. The Labute approximate surface area is 356 Å². The Hall–Kier alpha value is -1.41. The molecule has 0 spiro atoms. The predicted octanol–water partition coefficient (Wildman–Crippen LogP) is 9.06. The van der Waals surface area contributed by atoms with Gasteiger partial charge >= 0.3 is 19.8 Å². The highest BCUT2D eigenvalue weighted by Gasteiger charge is 2.51. The van der Waals surface area contributed by atoms with Crippen molar-refractivity contribution in [3.63, 3.8) is 0 Å². The Morgan fingerprint density at radius 2 is 0.864 bits per heavy atom. The van der Waals surface area contributed by atoms with Gasteiger partial charge in [0.05, 0.1) is 6.61 Å². The molecule has 0 aromatic rings. The number of carbonyl (C=O) groups is 2. The highest BCUT2D eigenvalue weighted by atomic mass is 31.2. The Morgan fingerprint density at radius 1 is 0.508 bits per heavy atom. The van der Waals surface area contributed by atoms with Gasteiger partial charge in [-0.1, -0.05) is 167 Å². The van der Waals surface area contributed by atoms with E-state index in [0.717, 1.165) is 57.8 Å². The summed E-state index contributed by atoms with van der Waals surface area (Å²) in [5, 5.41) is 50.1. The molecule has 59 heavy (non-hydrogen) atoms. The smallest absolute Gasteiger partial charge is 0.462 e. The van der Waals surface area contributed by atoms with Crippen molar-refractivity contribution >= 4 is 19.8 Å². The van der Waals surface area contributed by atoms with Crippen LogP contribution in [-0.4, -0.2) is 98.3 Å². The molecule has 348 valence electrons. The van der Waals surface area contributed by atoms with Crippen molar-refractivity contribution in [2.24, 2.45) is 0 Å². The van der Waals surface area contributed by atoms with Crippen molar-refractivity contribution in [2.45, 2.75) is 249 Å². The molecule has 0 aliphatic heterocycles. The van der Waals surface area contributed by atoms with Gasteiger partial charge in [-0.25, -0.2) is 4.57 Å². The molecular weight excluding hydrogens is 779 g/mol. The maximum absolute atomic E-state index is 12.8. The molecule has 1 fully saturated rings. The van der Waals surface area contributed by atoms with Crippen LogP contribution in [-0.2, 0) is 32.7 Å². The molecule has 6 N–H and O–H groups in total. The summed E-state index contributed by atoms with van der Waals surface area (Å²) < 4.78 is 33.5. The lowest BCUT2D eigenvalue weighted by atomic mass is 9.85. The normalized spacial score (nSPS) is 22.4. The number of aliphatic hydroxyl groups is 5. The molecule has 0 radical (unpaired) electrons. The zero-order chi connectivity index (χ0) is 43.6. The first-order chi connectivity index (χ1) is 28.4. The summed E-state index contributed by atoms with van der Waals surface area (Å²) in [6.07, 6.45) is 24.2. The summed E-state index contributed by atoms with van der Waals surface area (Å²) in [6, 6.07) is 0. The third-order valence-corrected chi connectivity index (χ3v) is 12.1. The Kier molecular flexibility index (Phi) is 34.0. The van der Waals surface area contributed by atoms with E-state index in [1.54, 1.807) is 0 Å². The van der Waals surface area contributed by atoms with E-state index in [4.69, 9.17) is 18.5 Å². The fourth-order valence-electron chi connectivity index (χ4n) is 7.28. The van der Waals surface area contributed by atoms with E-state index in [0.29, 0.717) is 12.8 Å². The van der Waals surface area contributed by atoms with Crippen LogP contribution in [0.2, 0.25) is 0 Å². The van der Waals surface area contributed by atoms with Gasteiger partial charge in [0.25, 0.3) is 0 Å². The third kappa shape index (κ3) is 28.7. The first kappa shape index (κ1) is 55.6. The average molecular weight is 865 g/mol. The van der Waals surface area contributed by atoms with Gasteiger partial charge in [0, 0.05) is 12.8 Å². The third-order valence-electron chi connectivity index (χ3n) is 11.1. The molecule has 0 heterocycles. The number of aliphatic hydroxyl groups excluding tert-OH is 5. The van der Waals surface area contributed by atoms with Gasteiger partial charge in [0.15, 0.2) is 6.10 Å². The number of allylic oxidation sites excluding steroid dienone is 2. The van der Waals surface area contributed by atoms with Crippen LogP contribution in [0.4, 0.5) is 0 Å². The summed E-state index contributed by atoms with van der Waals surface area (Å²) in [7, 11) is -5.11. The largest absolute Gasteiger partial charge is 0.472 e. The van der Waals surface area contributed by atoms with Gasteiger partial charge in [0.1, 0.15) is 43.2 Å².